The highest BCUT2D eigenvalue weighted by atomic mass is 35.5. The maximum atomic E-state index is 12.1. The Labute approximate surface area is 113 Å². The van der Waals surface area contributed by atoms with Crippen molar-refractivity contribution in [1.29, 1.82) is 0 Å². The number of nitrogens with one attached hydrogen (secondary N) is 1. The van der Waals surface area contributed by atoms with E-state index in [4.69, 9.17) is 17.3 Å². The SMILES string of the molecule is CC1(C)CC1CNS(=O)(=O)c1ccc(Cl)cc1N. The quantitative estimate of drug-likeness (QED) is 0.835. The lowest BCUT2D eigenvalue weighted by Crippen LogP contribution is -2.27. The van der Waals surface area contributed by atoms with Crippen molar-refractivity contribution in [3.05, 3.63) is 23.2 Å². The fraction of sp³-hybridized carbons (Fsp3) is 0.500. The summed E-state index contributed by atoms with van der Waals surface area (Å²) < 4.78 is 26.7. The molecule has 1 fully saturated rings. The molecule has 0 bridgehead atoms. The summed E-state index contributed by atoms with van der Waals surface area (Å²) >= 11 is 5.75. The summed E-state index contributed by atoms with van der Waals surface area (Å²) in [5.74, 6) is 0.404. The second kappa shape index (κ2) is 4.40. The van der Waals surface area contributed by atoms with Gasteiger partial charge in [0.1, 0.15) is 4.90 Å². The molecule has 1 saturated carbocycles. The molecule has 0 amide bonds. The lowest BCUT2D eigenvalue weighted by atomic mass is 10.1. The highest BCUT2D eigenvalue weighted by molar-refractivity contribution is 7.89. The van der Waals surface area contributed by atoms with Gasteiger partial charge in [0.05, 0.1) is 5.69 Å². The van der Waals surface area contributed by atoms with E-state index in [1.165, 1.54) is 18.2 Å². The van der Waals surface area contributed by atoms with Gasteiger partial charge in [-0.15, -0.1) is 0 Å². The van der Waals surface area contributed by atoms with E-state index in [0.29, 0.717) is 17.5 Å². The minimum Gasteiger partial charge on any atom is -0.398 e. The molecular weight excluding hydrogens is 272 g/mol. The van der Waals surface area contributed by atoms with Crippen LogP contribution >= 0.6 is 11.6 Å². The molecule has 1 unspecified atom stereocenters. The third-order valence-electron chi connectivity index (χ3n) is 3.50. The van der Waals surface area contributed by atoms with Crippen LogP contribution in [0.4, 0.5) is 5.69 Å². The van der Waals surface area contributed by atoms with Gasteiger partial charge >= 0.3 is 0 Å². The number of halogens is 1. The van der Waals surface area contributed by atoms with Gasteiger partial charge in [-0.1, -0.05) is 25.4 Å². The first-order valence-corrected chi connectivity index (χ1v) is 7.63. The van der Waals surface area contributed by atoms with Gasteiger partial charge in [0.2, 0.25) is 10.0 Å². The molecule has 2 rings (SSSR count). The van der Waals surface area contributed by atoms with Crippen molar-refractivity contribution < 1.29 is 8.42 Å². The molecule has 1 aromatic rings. The average Bonchev–Trinajstić information content (AvgIpc) is 2.83. The Hall–Kier alpha value is -0.780. The summed E-state index contributed by atoms with van der Waals surface area (Å²) in [6, 6.07) is 4.39. The predicted octanol–water partition coefficient (Wildman–Crippen LogP) is 2.25. The molecule has 1 aromatic carbocycles. The third kappa shape index (κ3) is 2.79. The number of anilines is 1. The van der Waals surface area contributed by atoms with Gasteiger partial charge in [-0.2, -0.15) is 0 Å². The molecule has 100 valence electrons. The largest absolute Gasteiger partial charge is 0.398 e. The second-order valence-corrected chi connectivity index (χ2v) is 7.60. The molecule has 1 atom stereocenters. The Morgan fingerprint density at radius 2 is 2.11 bits per heavy atom. The molecule has 0 radical (unpaired) electrons. The van der Waals surface area contributed by atoms with E-state index in [0.717, 1.165) is 6.42 Å². The second-order valence-electron chi connectivity index (χ2n) is 5.42. The Morgan fingerprint density at radius 3 is 2.61 bits per heavy atom. The van der Waals surface area contributed by atoms with E-state index in [9.17, 15) is 8.42 Å². The summed E-state index contributed by atoms with van der Waals surface area (Å²) in [4.78, 5) is 0.0883. The molecule has 1 aliphatic carbocycles. The monoisotopic (exact) mass is 288 g/mol. The van der Waals surface area contributed by atoms with E-state index in [-0.39, 0.29) is 16.0 Å². The van der Waals surface area contributed by atoms with Crippen LogP contribution in [0.3, 0.4) is 0 Å². The van der Waals surface area contributed by atoms with Gasteiger partial charge in [-0.05, 0) is 36.0 Å². The van der Waals surface area contributed by atoms with Crippen LogP contribution in [-0.2, 0) is 10.0 Å². The average molecular weight is 289 g/mol. The normalized spacial score (nSPS) is 21.8. The number of nitrogens with two attached hydrogens (primary N) is 1. The Kier molecular flexibility index (Phi) is 3.34. The first-order valence-electron chi connectivity index (χ1n) is 5.77. The topological polar surface area (TPSA) is 72.2 Å². The smallest absolute Gasteiger partial charge is 0.242 e. The van der Waals surface area contributed by atoms with Crippen LogP contribution in [-0.4, -0.2) is 15.0 Å². The zero-order chi connectivity index (χ0) is 13.6. The minimum absolute atomic E-state index is 0.0883. The number of hydrogen-bond donors (Lipinski definition) is 2. The number of hydrogen-bond acceptors (Lipinski definition) is 3. The van der Waals surface area contributed by atoms with Gasteiger partial charge in [0, 0.05) is 11.6 Å². The Bertz CT molecular complexity index is 569. The van der Waals surface area contributed by atoms with Crippen LogP contribution in [0.15, 0.2) is 23.1 Å². The Balaban J connectivity index is 2.11. The van der Waals surface area contributed by atoms with Crippen molar-refractivity contribution in [3.63, 3.8) is 0 Å². The molecule has 3 N–H and O–H groups in total. The maximum Gasteiger partial charge on any atom is 0.242 e. The first-order chi connectivity index (χ1) is 8.22. The zero-order valence-corrected chi connectivity index (χ0v) is 12.0. The van der Waals surface area contributed by atoms with Gasteiger partial charge < -0.3 is 5.73 Å². The minimum atomic E-state index is -3.55. The molecule has 0 heterocycles. The van der Waals surface area contributed by atoms with Gasteiger partial charge in [-0.25, -0.2) is 13.1 Å². The maximum absolute atomic E-state index is 12.1. The van der Waals surface area contributed by atoms with Crippen LogP contribution < -0.4 is 10.5 Å². The highest BCUT2D eigenvalue weighted by Crippen LogP contribution is 2.51. The molecule has 4 nitrogen and oxygen atoms in total. The molecule has 18 heavy (non-hydrogen) atoms. The zero-order valence-electron chi connectivity index (χ0n) is 10.4. The molecule has 0 aliphatic heterocycles. The van der Waals surface area contributed by atoms with Crippen LogP contribution in [0.2, 0.25) is 5.02 Å². The van der Waals surface area contributed by atoms with Crippen molar-refractivity contribution in [3.8, 4) is 0 Å². The summed E-state index contributed by atoms with van der Waals surface area (Å²) in [6.07, 6.45) is 1.05. The molecule has 0 saturated heterocycles. The summed E-state index contributed by atoms with van der Waals surface area (Å²) in [6.45, 7) is 4.71. The summed E-state index contributed by atoms with van der Waals surface area (Å²) in [7, 11) is -3.55. The van der Waals surface area contributed by atoms with Crippen molar-refractivity contribution in [2.45, 2.75) is 25.2 Å². The van der Waals surface area contributed by atoms with Crippen molar-refractivity contribution >= 4 is 27.3 Å². The molecule has 0 aromatic heterocycles. The lowest BCUT2D eigenvalue weighted by molar-refractivity contribution is 0.538. The summed E-state index contributed by atoms with van der Waals surface area (Å²) in [5, 5.41) is 0.426. The fourth-order valence-corrected chi connectivity index (χ4v) is 3.35. The van der Waals surface area contributed by atoms with Gasteiger partial charge in [0.25, 0.3) is 0 Å². The van der Waals surface area contributed by atoms with E-state index in [1.54, 1.807) is 0 Å². The van der Waals surface area contributed by atoms with Gasteiger partial charge in [0.15, 0.2) is 0 Å². The van der Waals surface area contributed by atoms with Crippen LogP contribution in [0.1, 0.15) is 20.3 Å². The lowest BCUT2D eigenvalue weighted by Gasteiger charge is -2.10. The Morgan fingerprint density at radius 1 is 1.50 bits per heavy atom. The number of nitrogen functional groups attached to an aromatic ring is 1. The van der Waals surface area contributed by atoms with Crippen molar-refractivity contribution in [2.24, 2.45) is 11.3 Å². The van der Waals surface area contributed by atoms with E-state index in [2.05, 4.69) is 18.6 Å². The van der Waals surface area contributed by atoms with Crippen molar-refractivity contribution in [2.75, 3.05) is 12.3 Å². The van der Waals surface area contributed by atoms with Gasteiger partial charge in [-0.3, -0.25) is 0 Å². The fourth-order valence-electron chi connectivity index (χ4n) is 1.98. The molecule has 1 aliphatic rings. The van der Waals surface area contributed by atoms with Crippen LogP contribution in [0.5, 0.6) is 0 Å². The van der Waals surface area contributed by atoms with Crippen LogP contribution in [0.25, 0.3) is 0 Å². The summed E-state index contributed by atoms with van der Waals surface area (Å²) in [5.41, 5.74) is 6.09. The molecule has 0 spiro atoms. The third-order valence-corrected chi connectivity index (χ3v) is 5.23. The van der Waals surface area contributed by atoms with E-state index in [1.807, 2.05) is 0 Å². The van der Waals surface area contributed by atoms with Crippen LogP contribution in [0, 0.1) is 11.3 Å². The van der Waals surface area contributed by atoms with Crippen molar-refractivity contribution in [1.82, 2.24) is 4.72 Å². The predicted molar refractivity (Wildman–Crippen MR) is 72.9 cm³/mol. The number of sulfonamides is 1. The highest BCUT2D eigenvalue weighted by Gasteiger charge is 2.45. The van der Waals surface area contributed by atoms with E-state index < -0.39 is 10.0 Å². The standard InChI is InChI=1S/C12H17ClN2O2S/c1-12(2)6-8(12)7-15-18(16,17)11-4-3-9(13)5-10(11)14/h3-5,8,15H,6-7,14H2,1-2H3. The number of rotatable bonds is 4. The number of benzene rings is 1. The van der Waals surface area contributed by atoms with E-state index >= 15 is 0 Å². The first kappa shape index (κ1) is 13.6. The molecular formula is C12H17ClN2O2S. The molecule has 6 heteroatoms.